The van der Waals surface area contributed by atoms with Crippen LogP contribution in [-0.2, 0) is 25.4 Å². The molecule has 0 aliphatic carbocycles. The number of amides is 1. The quantitative estimate of drug-likeness (QED) is 0.801. The zero-order valence-electron chi connectivity index (χ0n) is 14.8. The Bertz CT molecular complexity index is 886. The first-order valence-corrected chi connectivity index (χ1v) is 8.73. The highest BCUT2D eigenvalue weighted by atomic mass is 16.2. The van der Waals surface area contributed by atoms with Crippen LogP contribution in [0.25, 0.3) is 11.0 Å². The maximum Gasteiger partial charge on any atom is 0.332 e. The lowest BCUT2D eigenvalue weighted by molar-refractivity contribution is -0.121. The topological polar surface area (TPSA) is 81.3 Å². The van der Waals surface area contributed by atoms with Gasteiger partial charge in [-0.05, 0) is 32.0 Å². The molecule has 0 saturated carbocycles. The predicted octanol–water partition coefficient (Wildman–Crippen LogP) is -0.359. The number of likely N-dealkylation sites (tertiary alicyclic amines) is 1. The molecule has 0 atom stereocenters. The lowest BCUT2D eigenvalue weighted by Crippen LogP contribution is -2.39. The fourth-order valence-corrected chi connectivity index (χ4v) is 3.46. The van der Waals surface area contributed by atoms with Crippen LogP contribution < -0.4 is 16.6 Å². The number of rotatable bonds is 5. The molecule has 0 bridgehead atoms. The molecule has 1 amide bonds. The van der Waals surface area contributed by atoms with Crippen LogP contribution in [0.15, 0.2) is 21.9 Å². The fraction of sp³-hybridized carbons (Fsp3) is 0.588. The van der Waals surface area contributed by atoms with Gasteiger partial charge in [-0.15, -0.1) is 0 Å². The highest BCUT2D eigenvalue weighted by Gasteiger charge is 2.15. The van der Waals surface area contributed by atoms with Gasteiger partial charge < -0.3 is 14.8 Å². The molecule has 0 spiro atoms. The van der Waals surface area contributed by atoms with Crippen molar-refractivity contribution in [3.8, 4) is 0 Å². The van der Waals surface area contributed by atoms with Crippen LogP contribution in [-0.4, -0.2) is 50.7 Å². The third-order valence-corrected chi connectivity index (χ3v) is 4.87. The normalized spacial score (nSPS) is 15.6. The SMILES string of the molecule is Cn1c(=O)c2ccn(CC(=O)NCCN3CCCCC3)c2n(C)c1=O. The van der Waals surface area contributed by atoms with E-state index < -0.39 is 5.69 Å². The first-order chi connectivity index (χ1) is 12.0. The maximum atomic E-state index is 12.2. The van der Waals surface area contributed by atoms with E-state index in [0.29, 0.717) is 17.6 Å². The molecule has 1 N–H and O–H groups in total. The summed E-state index contributed by atoms with van der Waals surface area (Å²) in [6.07, 6.45) is 5.43. The van der Waals surface area contributed by atoms with E-state index >= 15 is 0 Å². The molecule has 1 fully saturated rings. The number of nitrogens with one attached hydrogen (secondary N) is 1. The number of carbonyl (C=O) groups is 1. The van der Waals surface area contributed by atoms with Gasteiger partial charge in [-0.3, -0.25) is 18.7 Å². The van der Waals surface area contributed by atoms with Gasteiger partial charge >= 0.3 is 5.69 Å². The molecule has 136 valence electrons. The van der Waals surface area contributed by atoms with E-state index in [4.69, 9.17) is 0 Å². The summed E-state index contributed by atoms with van der Waals surface area (Å²) in [7, 11) is 3.06. The first-order valence-electron chi connectivity index (χ1n) is 8.73. The molecule has 0 radical (unpaired) electrons. The van der Waals surface area contributed by atoms with Crippen molar-refractivity contribution in [2.75, 3.05) is 26.2 Å². The highest BCUT2D eigenvalue weighted by Crippen LogP contribution is 2.09. The van der Waals surface area contributed by atoms with Crippen molar-refractivity contribution < 1.29 is 4.79 Å². The Morgan fingerprint density at radius 2 is 1.84 bits per heavy atom. The number of carbonyl (C=O) groups excluding carboxylic acids is 1. The van der Waals surface area contributed by atoms with Crippen molar-refractivity contribution in [2.45, 2.75) is 25.8 Å². The van der Waals surface area contributed by atoms with Crippen LogP contribution in [0, 0.1) is 0 Å². The lowest BCUT2D eigenvalue weighted by atomic mass is 10.1. The monoisotopic (exact) mass is 347 g/mol. The number of fused-ring (bicyclic) bond motifs is 1. The molecule has 0 unspecified atom stereocenters. The zero-order valence-corrected chi connectivity index (χ0v) is 14.8. The molecule has 1 aliphatic rings. The summed E-state index contributed by atoms with van der Waals surface area (Å²) in [6, 6.07) is 1.65. The number of hydrogen-bond donors (Lipinski definition) is 1. The Morgan fingerprint density at radius 3 is 2.56 bits per heavy atom. The molecule has 2 aromatic rings. The Kier molecular flexibility index (Phi) is 5.08. The molecule has 1 aliphatic heterocycles. The largest absolute Gasteiger partial charge is 0.353 e. The van der Waals surface area contributed by atoms with Crippen LogP contribution in [0.5, 0.6) is 0 Å². The Balaban J connectivity index is 1.67. The van der Waals surface area contributed by atoms with Crippen LogP contribution >= 0.6 is 0 Å². The van der Waals surface area contributed by atoms with Crippen molar-refractivity contribution in [1.29, 1.82) is 0 Å². The zero-order chi connectivity index (χ0) is 18.0. The van der Waals surface area contributed by atoms with Crippen LogP contribution in [0.2, 0.25) is 0 Å². The molecular weight excluding hydrogens is 322 g/mol. The van der Waals surface area contributed by atoms with Crippen LogP contribution in [0.4, 0.5) is 0 Å². The van der Waals surface area contributed by atoms with Gasteiger partial charge in [0.05, 0.1) is 5.39 Å². The first kappa shape index (κ1) is 17.5. The summed E-state index contributed by atoms with van der Waals surface area (Å²) in [5.41, 5.74) is -0.274. The van der Waals surface area contributed by atoms with E-state index in [9.17, 15) is 14.4 Å². The van der Waals surface area contributed by atoms with Crippen molar-refractivity contribution in [1.82, 2.24) is 23.9 Å². The number of nitrogens with zero attached hydrogens (tertiary/aromatic N) is 4. The molecule has 8 nitrogen and oxygen atoms in total. The number of piperidine rings is 1. The van der Waals surface area contributed by atoms with E-state index in [-0.39, 0.29) is 18.0 Å². The van der Waals surface area contributed by atoms with Crippen LogP contribution in [0.3, 0.4) is 0 Å². The Morgan fingerprint density at radius 1 is 1.12 bits per heavy atom. The highest BCUT2D eigenvalue weighted by molar-refractivity contribution is 5.80. The number of hydrogen-bond acceptors (Lipinski definition) is 4. The minimum absolute atomic E-state index is 0.0872. The standard InChI is InChI=1S/C17H25N5O3/c1-19-15-13(16(24)20(2)17(19)25)6-10-22(15)12-14(23)18-7-11-21-8-4-3-5-9-21/h6,10H,3-5,7-9,11-12H2,1-2H3,(H,18,23). The van der Waals surface area contributed by atoms with Gasteiger partial charge in [0.2, 0.25) is 5.91 Å². The third-order valence-electron chi connectivity index (χ3n) is 4.87. The van der Waals surface area contributed by atoms with Gasteiger partial charge in [0.1, 0.15) is 12.2 Å². The molecular formula is C17H25N5O3. The molecule has 0 aromatic carbocycles. The fourth-order valence-electron chi connectivity index (χ4n) is 3.46. The number of aromatic nitrogens is 3. The minimum atomic E-state index is -0.400. The Labute approximate surface area is 145 Å². The summed E-state index contributed by atoms with van der Waals surface area (Å²) >= 11 is 0. The second-order valence-corrected chi connectivity index (χ2v) is 6.64. The number of aryl methyl sites for hydroxylation is 1. The average Bonchev–Trinajstić information content (AvgIpc) is 3.02. The third kappa shape index (κ3) is 3.53. The summed E-state index contributed by atoms with van der Waals surface area (Å²) < 4.78 is 4.12. The maximum absolute atomic E-state index is 12.2. The van der Waals surface area contributed by atoms with E-state index in [1.807, 2.05) is 0 Å². The van der Waals surface area contributed by atoms with Gasteiger partial charge in [0, 0.05) is 33.4 Å². The van der Waals surface area contributed by atoms with Gasteiger partial charge in [-0.25, -0.2) is 4.79 Å². The van der Waals surface area contributed by atoms with E-state index in [1.54, 1.807) is 23.9 Å². The van der Waals surface area contributed by atoms with Crippen molar-refractivity contribution in [3.63, 3.8) is 0 Å². The Hall–Kier alpha value is -2.35. The molecule has 3 heterocycles. The minimum Gasteiger partial charge on any atom is -0.353 e. The van der Waals surface area contributed by atoms with Gasteiger partial charge in [-0.1, -0.05) is 6.42 Å². The molecule has 25 heavy (non-hydrogen) atoms. The lowest BCUT2D eigenvalue weighted by Gasteiger charge is -2.26. The second-order valence-electron chi connectivity index (χ2n) is 6.64. The summed E-state index contributed by atoms with van der Waals surface area (Å²) in [4.78, 5) is 38.9. The van der Waals surface area contributed by atoms with Gasteiger partial charge in [0.25, 0.3) is 5.56 Å². The summed E-state index contributed by atoms with van der Waals surface area (Å²) in [5, 5.41) is 3.36. The molecule has 3 rings (SSSR count). The van der Waals surface area contributed by atoms with E-state index in [1.165, 1.54) is 30.9 Å². The molecule has 1 saturated heterocycles. The van der Waals surface area contributed by atoms with E-state index in [2.05, 4.69) is 10.2 Å². The van der Waals surface area contributed by atoms with Crippen molar-refractivity contribution >= 4 is 16.9 Å². The van der Waals surface area contributed by atoms with Gasteiger partial charge in [-0.2, -0.15) is 0 Å². The van der Waals surface area contributed by atoms with Crippen molar-refractivity contribution in [2.24, 2.45) is 14.1 Å². The average molecular weight is 347 g/mol. The second kappa shape index (κ2) is 7.26. The predicted molar refractivity (Wildman–Crippen MR) is 95.7 cm³/mol. The van der Waals surface area contributed by atoms with Crippen LogP contribution in [0.1, 0.15) is 19.3 Å². The summed E-state index contributed by atoms with van der Waals surface area (Å²) in [6.45, 7) is 3.76. The van der Waals surface area contributed by atoms with Gasteiger partial charge in [0.15, 0.2) is 0 Å². The summed E-state index contributed by atoms with van der Waals surface area (Å²) in [5.74, 6) is -0.123. The molecule has 2 aromatic heterocycles. The molecule has 8 heteroatoms. The van der Waals surface area contributed by atoms with E-state index in [0.717, 1.165) is 24.2 Å². The van der Waals surface area contributed by atoms with Crippen molar-refractivity contribution in [3.05, 3.63) is 33.1 Å². The smallest absolute Gasteiger partial charge is 0.332 e.